The van der Waals surface area contributed by atoms with Crippen LogP contribution in [0.4, 0.5) is 15.8 Å². The standard InChI is InChI=1S/C19H20ClFN2O2/c1-11(2)18(13-4-6-14(20)7-5-13)19(25)23-17-10-15(22-12(3)24)8-9-16(17)21/h4-11,18H,1-3H3,(H,22,24)(H,23,25). The highest BCUT2D eigenvalue weighted by molar-refractivity contribution is 6.30. The summed E-state index contributed by atoms with van der Waals surface area (Å²) in [5.41, 5.74) is 1.24. The molecule has 4 nitrogen and oxygen atoms in total. The first kappa shape index (κ1) is 18.9. The van der Waals surface area contributed by atoms with Crippen molar-refractivity contribution in [3.05, 3.63) is 58.9 Å². The molecule has 2 aromatic carbocycles. The van der Waals surface area contributed by atoms with Crippen LogP contribution in [0.25, 0.3) is 0 Å². The second-order valence-electron chi connectivity index (χ2n) is 6.14. The van der Waals surface area contributed by atoms with Gasteiger partial charge in [-0.05, 0) is 41.8 Å². The SMILES string of the molecule is CC(=O)Nc1ccc(F)c(NC(=O)C(c2ccc(Cl)cc2)C(C)C)c1. The summed E-state index contributed by atoms with van der Waals surface area (Å²) in [6.07, 6.45) is 0. The van der Waals surface area contributed by atoms with E-state index < -0.39 is 11.7 Å². The highest BCUT2D eigenvalue weighted by Crippen LogP contribution is 2.28. The molecule has 0 aliphatic rings. The zero-order valence-corrected chi connectivity index (χ0v) is 15.0. The normalized spacial score (nSPS) is 11.9. The molecule has 0 heterocycles. The van der Waals surface area contributed by atoms with Crippen LogP contribution in [0.1, 0.15) is 32.3 Å². The maximum Gasteiger partial charge on any atom is 0.232 e. The van der Waals surface area contributed by atoms with Crippen LogP contribution in [0.15, 0.2) is 42.5 Å². The summed E-state index contributed by atoms with van der Waals surface area (Å²) >= 11 is 5.90. The zero-order chi connectivity index (χ0) is 18.6. The summed E-state index contributed by atoms with van der Waals surface area (Å²) in [5, 5.41) is 5.77. The highest BCUT2D eigenvalue weighted by Gasteiger charge is 2.25. The number of carbonyl (C=O) groups excluding carboxylic acids is 2. The Labute approximate surface area is 151 Å². The van der Waals surface area contributed by atoms with Crippen molar-refractivity contribution in [2.24, 2.45) is 5.92 Å². The lowest BCUT2D eigenvalue weighted by Gasteiger charge is -2.21. The molecule has 6 heteroatoms. The second kappa shape index (κ2) is 8.12. The first-order valence-electron chi connectivity index (χ1n) is 7.91. The van der Waals surface area contributed by atoms with Crippen molar-refractivity contribution in [1.82, 2.24) is 0 Å². The van der Waals surface area contributed by atoms with E-state index in [0.717, 1.165) is 5.56 Å². The Morgan fingerprint density at radius 1 is 1.04 bits per heavy atom. The van der Waals surface area contributed by atoms with Gasteiger partial charge in [-0.25, -0.2) is 4.39 Å². The Hall–Kier alpha value is -2.40. The van der Waals surface area contributed by atoms with E-state index in [1.165, 1.54) is 25.1 Å². The van der Waals surface area contributed by atoms with Crippen molar-refractivity contribution in [2.75, 3.05) is 10.6 Å². The van der Waals surface area contributed by atoms with Gasteiger partial charge in [-0.1, -0.05) is 37.6 Å². The summed E-state index contributed by atoms with van der Waals surface area (Å²) in [7, 11) is 0. The molecule has 0 spiro atoms. The van der Waals surface area contributed by atoms with Crippen molar-refractivity contribution in [3.63, 3.8) is 0 Å². The molecule has 0 saturated heterocycles. The molecular formula is C19H20ClFN2O2. The first-order valence-corrected chi connectivity index (χ1v) is 8.29. The number of hydrogen-bond acceptors (Lipinski definition) is 2. The average Bonchev–Trinajstić information content (AvgIpc) is 2.52. The van der Waals surface area contributed by atoms with Gasteiger partial charge in [-0.3, -0.25) is 9.59 Å². The summed E-state index contributed by atoms with van der Waals surface area (Å²) in [6, 6.07) is 11.1. The molecule has 0 fully saturated rings. The molecule has 2 amide bonds. The Kier molecular flexibility index (Phi) is 6.15. The van der Waals surface area contributed by atoms with Gasteiger partial charge in [0.15, 0.2) is 0 Å². The minimum atomic E-state index is -0.568. The van der Waals surface area contributed by atoms with E-state index in [9.17, 15) is 14.0 Å². The van der Waals surface area contributed by atoms with Crippen LogP contribution >= 0.6 is 11.6 Å². The Bertz CT molecular complexity index is 775. The molecule has 1 atom stereocenters. The van der Waals surface area contributed by atoms with Gasteiger partial charge in [0.05, 0.1) is 11.6 Å². The van der Waals surface area contributed by atoms with Crippen LogP contribution in [0.2, 0.25) is 5.02 Å². The predicted octanol–water partition coefficient (Wildman–Crippen LogP) is 4.82. The maximum atomic E-state index is 14.0. The zero-order valence-electron chi connectivity index (χ0n) is 14.3. The van der Waals surface area contributed by atoms with Crippen LogP contribution in [0, 0.1) is 11.7 Å². The molecule has 2 rings (SSSR count). The van der Waals surface area contributed by atoms with Crippen molar-refractivity contribution < 1.29 is 14.0 Å². The van der Waals surface area contributed by atoms with Crippen molar-refractivity contribution in [3.8, 4) is 0 Å². The van der Waals surface area contributed by atoms with Crippen molar-refractivity contribution >= 4 is 34.8 Å². The summed E-state index contributed by atoms with van der Waals surface area (Å²) in [4.78, 5) is 23.9. The number of rotatable bonds is 5. The number of hydrogen-bond donors (Lipinski definition) is 2. The minimum absolute atomic E-state index is 0.00256. The fourth-order valence-electron chi connectivity index (χ4n) is 2.62. The van der Waals surface area contributed by atoms with Crippen molar-refractivity contribution in [2.45, 2.75) is 26.7 Å². The quantitative estimate of drug-likeness (QED) is 0.801. The van der Waals surface area contributed by atoms with Gasteiger partial charge < -0.3 is 10.6 Å². The van der Waals surface area contributed by atoms with Crippen molar-refractivity contribution in [1.29, 1.82) is 0 Å². The largest absolute Gasteiger partial charge is 0.326 e. The lowest BCUT2D eigenvalue weighted by Crippen LogP contribution is -2.25. The van der Waals surface area contributed by atoms with Gasteiger partial charge in [0.25, 0.3) is 0 Å². The van der Waals surface area contributed by atoms with E-state index in [0.29, 0.717) is 10.7 Å². The summed E-state index contributed by atoms with van der Waals surface area (Å²) in [6.45, 7) is 5.20. The van der Waals surface area contributed by atoms with Gasteiger partial charge in [0, 0.05) is 17.6 Å². The van der Waals surface area contributed by atoms with E-state index in [-0.39, 0.29) is 23.4 Å². The number of nitrogens with one attached hydrogen (secondary N) is 2. The minimum Gasteiger partial charge on any atom is -0.326 e. The van der Waals surface area contributed by atoms with E-state index in [1.54, 1.807) is 24.3 Å². The lowest BCUT2D eigenvalue weighted by atomic mass is 9.87. The molecule has 0 aromatic heterocycles. The Morgan fingerprint density at radius 3 is 2.24 bits per heavy atom. The average molecular weight is 363 g/mol. The number of benzene rings is 2. The van der Waals surface area contributed by atoms with Crippen LogP contribution in [0.5, 0.6) is 0 Å². The monoisotopic (exact) mass is 362 g/mol. The molecule has 25 heavy (non-hydrogen) atoms. The number of carbonyl (C=O) groups is 2. The third-order valence-electron chi connectivity index (χ3n) is 3.72. The van der Waals surface area contributed by atoms with E-state index in [4.69, 9.17) is 11.6 Å². The topological polar surface area (TPSA) is 58.2 Å². The predicted molar refractivity (Wildman–Crippen MR) is 98.4 cm³/mol. The molecule has 1 unspecified atom stereocenters. The highest BCUT2D eigenvalue weighted by atomic mass is 35.5. The number of halogens is 2. The van der Waals surface area contributed by atoms with E-state index in [1.807, 2.05) is 13.8 Å². The molecule has 0 bridgehead atoms. The summed E-state index contributed by atoms with van der Waals surface area (Å²) in [5.74, 6) is -1.62. The van der Waals surface area contributed by atoms with Gasteiger partial charge in [-0.2, -0.15) is 0 Å². The third kappa shape index (κ3) is 5.03. The first-order chi connectivity index (χ1) is 11.8. The van der Waals surface area contributed by atoms with Crippen LogP contribution in [-0.2, 0) is 9.59 Å². The van der Waals surface area contributed by atoms with Gasteiger partial charge in [0.1, 0.15) is 5.82 Å². The Morgan fingerprint density at radius 2 is 1.68 bits per heavy atom. The maximum absolute atomic E-state index is 14.0. The molecule has 0 aliphatic heterocycles. The molecule has 0 radical (unpaired) electrons. The fraction of sp³-hybridized carbons (Fsp3) is 0.263. The van der Waals surface area contributed by atoms with Gasteiger partial charge >= 0.3 is 0 Å². The van der Waals surface area contributed by atoms with Crippen LogP contribution in [-0.4, -0.2) is 11.8 Å². The number of anilines is 2. The smallest absolute Gasteiger partial charge is 0.232 e. The second-order valence-corrected chi connectivity index (χ2v) is 6.57. The molecular weight excluding hydrogens is 343 g/mol. The Balaban J connectivity index is 2.26. The lowest BCUT2D eigenvalue weighted by molar-refractivity contribution is -0.118. The van der Waals surface area contributed by atoms with Gasteiger partial charge in [-0.15, -0.1) is 0 Å². The third-order valence-corrected chi connectivity index (χ3v) is 3.97. The molecule has 2 N–H and O–H groups in total. The summed E-state index contributed by atoms with van der Waals surface area (Å²) < 4.78 is 14.0. The van der Waals surface area contributed by atoms with Gasteiger partial charge in [0.2, 0.25) is 11.8 Å². The van der Waals surface area contributed by atoms with E-state index in [2.05, 4.69) is 10.6 Å². The molecule has 0 saturated carbocycles. The molecule has 0 aliphatic carbocycles. The fourth-order valence-corrected chi connectivity index (χ4v) is 2.75. The number of amides is 2. The van der Waals surface area contributed by atoms with Crippen LogP contribution < -0.4 is 10.6 Å². The van der Waals surface area contributed by atoms with Crippen LogP contribution in [0.3, 0.4) is 0 Å². The molecule has 2 aromatic rings. The van der Waals surface area contributed by atoms with E-state index >= 15 is 0 Å². The molecule has 132 valence electrons.